The second-order valence-corrected chi connectivity index (χ2v) is 8.35. The van der Waals surface area contributed by atoms with Gasteiger partial charge in [0.15, 0.2) is 0 Å². The zero-order valence-electron chi connectivity index (χ0n) is 17.7. The molecule has 1 fully saturated rings. The largest absolute Gasteiger partial charge is 0.379 e. The fourth-order valence-electron chi connectivity index (χ4n) is 4.12. The molecule has 2 aromatic heterocycles. The van der Waals surface area contributed by atoms with Crippen LogP contribution in [0.5, 0.6) is 0 Å². The van der Waals surface area contributed by atoms with Gasteiger partial charge in [0.2, 0.25) is 0 Å². The van der Waals surface area contributed by atoms with Crippen molar-refractivity contribution in [2.24, 2.45) is 0 Å². The molecule has 6 heteroatoms. The number of aryl methyl sites for hydroxylation is 2. The van der Waals surface area contributed by atoms with Gasteiger partial charge in [0.25, 0.3) is 5.56 Å². The zero-order chi connectivity index (χ0) is 20.8. The number of nitrogens with one attached hydrogen (secondary N) is 1. The van der Waals surface area contributed by atoms with Crippen LogP contribution in [0.15, 0.2) is 35.3 Å². The minimum Gasteiger partial charge on any atom is -0.379 e. The summed E-state index contributed by atoms with van der Waals surface area (Å²) in [7, 11) is 0. The number of ether oxygens (including phenoxy) is 1. The van der Waals surface area contributed by atoms with E-state index in [9.17, 15) is 4.79 Å². The van der Waals surface area contributed by atoms with Gasteiger partial charge in [0.1, 0.15) is 11.6 Å². The van der Waals surface area contributed by atoms with E-state index in [-0.39, 0.29) is 17.1 Å². The van der Waals surface area contributed by atoms with Crippen LogP contribution in [0.4, 0.5) is 5.82 Å². The number of rotatable bonds is 4. The molecule has 0 saturated carbocycles. The topological polar surface area (TPSA) is 69.0 Å². The molecule has 0 amide bonds. The van der Waals surface area contributed by atoms with E-state index in [1.165, 1.54) is 16.7 Å². The first-order chi connectivity index (χ1) is 13.8. The standard InChI is InChI=1S/C23H28N4O2/c1-14-7-6-8-18(15(14)2)16(3)24-22-19-12-27(23(5)9-10-29-13-23)21(28)11-20(19)25-17(4)26-22/h6-8,11-12,16H,9-10,13H2,1-5H3,(H,24,25,26)/t16-,23?/m1/s1. The molecule has 1 aromatic carbocycles. The summed E-state index contributed by atoms with van der Waals surface area (Å²) in [6, 6.07) is 8.03. The molecule has 1 N–H and O–H groups in total. The van der Waals surface area contributed by atoms with Crippen LogP contribution < -0.4 is 10.9 Å². The number of anilines is 1. The minimum atomic E-state index is -0.341. The van der Waals surface area contributed by atoms with Crippen LogP contribution >= 0.6 is 0 Å². The maximum Gasteiger partial charge on any atom is 0.253 e. The quantitative estimate of drug-likeness (QED) is 0.726. The second kappa shape index (κ2) is 7.26. The Morgan fingerprint density at radius 3 is 2.76 bits per heavy atom. The Bertz CT molecular complexity index is 1130. The van der Waals surface area contributed by atoms with E-state index in [4.69, 9.17) is 4.74 Å². The van der Waals surface area contributed by atoms with Gasteiger partial charge in [0, 0.05) is 18.9 Å². The number of fused-ring (bicyclic) bond motifs is 1. The molecular weight excluding hydrogens is 364 g/mol. The Morgan fingerprint density at radius 2 is 2.03 bits per heavy atom. The number of hydrogen-bond acceptors (Lipinski definition) is 5. The van der Waals surface area contributed by atoms with Crippen LogP contribution in [0.1, 0.15) is 48.8 Å². The zero-order valence-corrected chi connectivity index (χ0v) is 17.7. The normalized spacial score (nSPS) is 20.2. The summed E-state index contributed by atoms with van der Waals surface area (Å²) in [4.78, 5) is 22.0. The molecule has 6 nitrogen and oxygen atoms in total. The van der Waals surface area contributed by atoms with Gasteiger partial charge in [-0.05, 0) is 57.7 Å². The highest BCUT2D eigenvalue weighted by atomic mass is 16.5. The van der Waals surface area contributed by atoms with Crippen LogP contribution in [-0.2, 0) is 10.3 Å². The van der Waals surface area contributed by atoms with E-state index in [0.29, 0.717) is 24.6 Å². The molecule has 1 saturated heterocycles. The average molecular weight is 393 g/mol. The SMILES string of the molecule is Cc1nc(N[C@H](C)c2cccc(C)c2C)c2cn(C3(C)CCOC3)c(=O)cc2n1. The maximum atomic E-state index is 12.8. The summed E-state index contributed by atoms with van der Waals surface area (Å²) >= 11 is 0. The highest BCUT2D eigenvalue weighted by molar-refractivity contribution is 5.88. The van der Waals surface area contributed by atoms with Crippen LogP contribution in [0.25, 0.3) is 10.9 Å². The lowest BCUT2D eigenvalue weighted by Gasteiger charge is -2.26. The van der Waals surface area contributed by atoms with Crippen molar-refractivity contribution in [2.75, 3.05) is 18.5 Å². The summed E-state index contributed by atoms with van der Waals surface area (Å²) in [5.74, 6) is 1.39. The molecule has 0 spiro atoms. The molecule has 3 heterocycles. The van der Waals surface area contributed by atoms with Crippen molar-refractivity contribution < 1.29 is 4.74 Å². The molecule has 152 valence electrons. The molecule has 1 aliphatic rings. The van der Waals surface area contributed by atoms with Gasteiger partial charge in [-0.25, -0.2) is 9.97 Å². The van der Waals surface area contributed by atoms with E-state index >= 15 is 0 Å². The van der Waals surface area contributed by atoms with E-state index < -0.39 is 0 Å². The summed E-state index contributed by atoms with van der Waals surface area (Å²) < 4.78 is 7.36. The van der Waals surface area contributed by atoms with Gasteiger partial charge in [-0.15, -0.1) is 0 Å². The number of pyridine rings is 1. The fraction of sp³-hybridized carbons (Fsp3) is 0.435. The van der Waals surface area contributed by atoms with Gasteiger partial charge < -0.3 is 14.6 Å². The third-order valence-electron chi connectivity index (χ3n) is 6.09. The van der Waals surface area contributed by atoms with E-state index in [1.807, 2.05) is 13.1 Å². The van der Waals surface area contributed by atoms with Crippen molar-refractivity contribution in [2.45, 2.75) is 52.6 Å². The van der Waals surface area contributed by atoms with Crippen LogP contribution in [0, 0.1) is 20.8 Å². The predicted octanol–water partition coefficient (Wildman–Crippen LogP) is 4.03. The van der Waals surface area contributed by atoms with Gasteiger partial charge in [-0.3, -0.25) is 4.79 Å². The second-order valence-electron chi connectivity index (χ2n) is 8.35. The van der Waals surface area contributed by atoms with Gasteiger partial charge >= 0.3 is 0 Å². The van der Waals surface area contributed by atoms with Crippen LogP contribution in [-0.4, -0.2) is 27.7 Å². The monoisotopic (exact) mass is 392 g/mol. The van der Waals surface area contributed by atoms with Crippen LogP contribution in [0.2, 0.25) is 0 Å². The fourth-order valence-corrected chi connectivity index (χ4v) is 4.12. The third-order valence-corrected chi connectivity index (χ3v) is 6.09. The van der Waals surface area contributed by atoms with Crippen molar-refractivity contribution in [3.05, 3.63) is 63.3 Å². The number of nitrogens with zero attached hydrogens (tertiary/aromatic N) is 3. The first-order valence-electron chi connectivity index (χ1n) is 10.1. The first kappa shape index (κ1) is 19.6. The number of aromatic nitrogens is 3. The average Bonchev–Trinajstić information content (AvgIpc) is 3.10. The Morgan fingerprint density at radius 1 is 1.24 bits per heavy atom. The number of benzene rings is 1. The molecule has 0 aliphatic carbocycles. The summed E-state index contributed by atoms with van der Waals surface area (Å²) in [6.07, 6.45) is 2.71. The number of hydrogen-bond donors (Lipinski definition) is 1. The first-order valence-corrected chi connectivity index (χ1v) is 10.1. The van der Waals surface area contributed by atoms with E-state index in [0.717, 1.165) is 17.6 Å². The summed E-state index contributed by atoms with van der Waals surface area (Å²) in [5, 5.41) is 4.41. The molecule has 2 atom stereocenters. The summed E-state index contributed by atoms with van der Waals surface area (Å²) in [5.41, 5.74) is 4.04. The van der Waals surface area contributed by atoms with Crippen molar-refractivity contribution in [3.8, 4) is 0 Å². The van der Waals surface area contributed by atoms with E-state index in [2.05, 4.69) is 61.2 Å². The van der Waals surface area contributed by atoms with E-state index in [1.54, 1.807) is 10.6 Å². The highest BCUT2D eigenvalue weighted by Gasteiger charge is 2.32. The lowest BCUT2D eigenvalue weighted by molar-refractivity contribution is 0.160. The van der Waals surface area contributed by atoms with Crippen LogP contribution in [0.3, 0.4) is 0 Å². The molecule has 29 heavy (non-hydrogen) atoms. The molecule has 3 aromatic rings. The van der Waals surface area contributed by atoms with Crippen molar-refractivity contribution in [3.63, 3.8) is 0 Å². The molecule has 0 radical (unpaired) electrons. The predicted molar refractivity (Wildman–Crippen MR) is 116 cm³/mol. The lowest BCUT2D eigenvalue weighted by Crippen LogP contribution is -2.38. The van der Waals surface area contributed by atoms with Crippen molar-refractivity contribution >= 4 is 16.7 Å². The van der Waals surface area contributed by atoms with Gasteiger partial charge in [-0.1, -0.05) is 18.2 Å². The molecule has 1 unspecified atom stereocenters. The molecule has 1 aliphatic heterocycles. The Labute approximate surface area is 171 Å². The summed E-state index contributed by atoms with van der Waals surface area (Å²) in [6.45, 7) is 11.5. The van der Waals surface area contributed by atoms with Crippen molar-refractivity contribution in [1.29, 1.82) is 0 Å². The molecule has 0 bridgehead atoms. The minimum absolute atomic E-state index is 0.0582. The Hall–Kier alpha value is -2.73. The van der Waals surface area contributed by atoms with Gasteiger partial charge in [-0.2, -0.15) is 0 Å². The Balaban J connectivity index is 1.81. The van der Waals surface area contributed by atoms with Crippen molar-refractivity contribution in [1.82, 2.24) is 14.5 Å². The molecule has 4 rings (SSSR count). The third kappa shape index (κ3) is 3.53. The highest BCUT2D eigenvalue weighted by Crippen LogP contribution is 2.30. The maximum absolute atomic E-state index is 12.8. The smallest absolute Gasteiger partial charge is 0.253 e. The Kier molecular flexibility index (Phi) is 4.90. The lowest BCUT2D eigenvalue weighted by atomic mass is 9.98. The van der Waals surface area contributed by atoms with Gasteiger partial charge in [0.05, 0.1) is 29.1 Å². The molecular formula is C23H28N4O2.